The van der Waals surface area contributed by atoms with Crippen molar-refractivity contribution < 1.29 is 18.0 Å². The minimum Gasteiger partial charge on any atom is -0.324 e. The Bertz CT molecular complexity index is 1390. The van der Waals surface area contributed by atoms with Gasteiger partial charge < -0.3 is 10.6 Å². The second-order valence-electron chi connectivity index (χ2n) is 8.17. The third-order valence-electron chi connectivity index (χ3n) is 5.71. The van der Waals surface area contributed by atoms with Crippen molar-refractivity contribution >= 4 is 39.0 Å². The third-order valence-corrected chi connectivity index (χ3v) is 7.11. The molecule has 4 rings (SSSR count). The summed E-state index contributed by atoms with van der Waals surface area (Å²) in [5.74, 6) is -0.686. The van der Waals surface area contributed by atoms with Crippen LogP contribution in [0.25, 0.3) is 0 Å². The number of carbonyl (C=O) groups is 2. The van der Waals surface area contributed by atoms with Crippen molar-refractivity contribution in [3.05, 3.63) is 84.2 Å². The summed E-state index contributed by atoms with van der Waals surface area (Å²) in [7, 11) is -3.71. The normalized spacial score (nSPS) is 16.6. The number of nitrogens with zero attached hydrogens (tertiary/aromatic N) is 2. The number of rotatable bonds is 7. The van der Waals surface area contributed by atoms with Crippen molar-refractivity contribution in [2.24, 2.45) is 10.9 Å². The molecule has 2 atom stereocenters. The van der Waals surface area contributed by atoms with Gasteiger partial charge in [-0.1, -0.05) is 38.5 Å². The molecule has 2 amide bonds. The Kier molecular flexibility index (Phi) is 6.92. The number of anilines is 2. The average molecular weight is 492 g/mol. The molecule has 0 spiro atoms. The average Bonchev–Trinajstić information content (AvgIpc) is 3.12. The first-order valence-electron chi connectivity index (χ1n) is 11.1. The predicted molar refractivity (Wildman–Crippen MR) is 134 cm³/mol. The molecule has 0 unspecified atom stereocenters. The van der Waals surface area contributed by atoms with Crippen molar-refractivity contribution in [1.29, 1.82) is 0 Å². The summed E-state index contributed by atoms with van der Waals surface area (Å²) in [4.78, 5) is 34.2. The molecule has 0 aliphatic carbocycles. The van der Waals surface area contributed by atoms with Crippen molar-refractivity contribution in [2.75, 3.05) is 10.6 Å². The smallest absolute Gasteiger partial charge is 0.263 e. The van der Waals surface area contributed by atoms with Gasteiger partial charge in [-0.15, -0.1) is 0 Å². The zero-order chi connectivity index (χ0) is 25.0. The summed E-state index contributed by atoms with van der Waals surface area (Å²) in [5.41, 5.74) is 1.88. The van der Waals surface area contributed by atoms with Crippen molar-refractivity contribution in [2.45, 2.75) is 31.2 Å². The van der Waals surface area contributed by atoms with E-state index in [9.17, 15) is 18.0 Å². The van der Waals surface area contributed by atoms with E-state index >= 15 is 0 Å². The lowest BCUT2D eigenvalue weighted by Crippen LogP contribution is -2.34. The molecule has 1 aliphatic rings. The molecular weight excluding hydrogens is 466 g/mol. The largest absolute Gasteiger partial charge is 0.324 e. The fourth-order valence-electron chi connectivity index (χ4n) is 3.63. The Hall–Kier alpha value is -4.05. The molecule has 3 aromatic rings. The molecule has 0 bridgehead atoms. The van der Waals surface area contributed by atoms with E-state index in [-0.39, 0.29) is 28.5 Å². The van der Waals surface area contributed by atoms with Gasteiger partial charge >= 0.3 is 0 Å². The second-order valence-corrected chi connectivity index (χ2v) is 9.82. The Morgan fingerprint density at radius 2 is 1.69 bits per heavy atom. The number of pyridine rings is 1. The maximum atomic E-state index is 13.2. The van der Waals surface area contributed by atoms with Crippen LogP contribution in [0.1, 0.15) is 36.2 Å². The number of amidine groups is 1. The van der Waals surface area contributed by atoms with Gasteiger partial charge in [-0.3, -0.25) is 24.3 Å². The van der Waals surface area contributed by atoms with Gasteiger partial charge in [0, 0.05) is 34.9 Å². The molecule has 0 fully saturated rings. The lowest BCUT2D eigenvalue weighted by atomic mass is 9.98. The number of hydrogen-bond donors (Lipinski definition) is 3. The number of nitrogens with one attached hydrogen (secondary N) is 3. The lowest BCUT2D eigenvalue weighted by molar-refractivity contribution is -0.118. The molecule has 35 heavy (non-hydrogen) atoms. The van der Waals surface area contributed by atoms with Crippen LogP contribution < -0.4 is 15.4 Å². The molecular formula is C25H25N5O4S. The highest BCUT2D eigenvalue weighted by Crippen LogP contribution is 2.25. The molecule has 1 aliphatic heterocycles. The standard InChI is InChI=1S/C25H25N5O4S/c1-3-16(2)22(29-23-20-9-4-5-10-21(20)35(33,34)30-23)25(32)28-19-8-6-7-18(15-19)27-24(31)17-11-13-26-14-12-17/h4-16,22H,3H2,1-2H3,(H,27,31)(H,28,32)(H,29,30)/t16-,22-/m0/s1. The number of carbonyl (C=O) groups excluding carboxylic acids is 2. The Labute approximate surface area is 203 Å². The number of amides is 2. The van der Waals surface area contributed by atoms with E-state index in [0.717, 1.165) is 0 Å². The molecule has 3 N–H and O–H groups in total. The summed E-state index contributed by atoms with van der Waals surface area (Å²) in [5, 5.41) is 5.64. The zero-order valence-corrected chi connectivity index (χ0v) is 20.0. The van der Waals surface area contributed by atoms with E-state index in [1.54, 1.807) is 54.6 Å². The van der Waals surface area contributed by atoms with Gasteiger partial charge in [-0.25, -0.2) is 8.42 Å². The monoisotopic (exact) mass is 491 g/mol. The quantitative estimate of drug-likeness (QED) is 0.466. The first-order chi connectivity index (χ1) is 16.8. The van der Waals surface area contributed by atoms with Crippen LogP contribution in [0.4, 0.5) is 11.4 Å². The molecule has 0 saturated heterocycles. The maximum Gasteiger partial charge on any atom is 0.263 e. The van der Waals surface area contributed by atoms with Crippen molar-refractivity contribution in [3.63, 3.8) is 0 Å². The Morgan fingerprint density at radius 3 is 2.40 bits per heavy atom. The molecule has 9 nitrogen and oxygen atoms in total. The molecule has 10 heteroatoms. The van der Waals surface area contributed by atoms with Crippen LogP contribution in [0.15, 0.2) is 82.9 Å². The van der Waals surface area contributed by atoms with E-state index in [0.29, 0.717) is 28.9 Å². The summed E-state index contributed by atoms with van der Waals surface area (Å²) >= 11 is 0. The van der Waals surface area contributed by atoms with Crippen LogP contribution in [0.2, 0.25) is 0 Å². The van der Waals surface area contributed by atoms with Crippen LogP contribution in [0.5, 0.6) is 0 Å². The van der Waals surface area contributed by atoms with Crippen molar-refractivity contribution in [1.82, 2.24) is 9.71 Å². The fraction of sp³-hybridized carbons (Fsp3) is 0.200. The molecule has 1 aromatic heterocycles. The van der Waals surface area contributed by atoms with Gasteiger partial charge in [-0.05, 0) is 48.4 Å². The number of aliphatic imine (C=N–C) groups is 1. The number of hydrogen-bond acceptors (Lipinski definition) is 6. The van der Waals surface area contributed by atoms with Crippen LogP contribution in [0.3, 0.4) is 0 Å². The number of sulfonamides is 1. The molecule has 0 saturated carbocycles. The predicted octanol–water partition coefficient (Wildman–Crippen LogP) is 3.43. The van der Waals surface area contributed by atoms with Gasteiger partial charge in [-0.2, -0.15) is 0 Å². The van der Waals surface area contributed by atoms with Gasteiger partial charge in [0.15, 0.2) is 0 Å². The van der Waals surface area contributed by atoms with Crippen LogP contribution in [-0.4, -0.2) is 37.1 Å². The van der Waals surface area contributed by atoms with E-state index in [4.69, 9.17) is 0 Å². The highest BCUT2D eigenvalue weighted by molar-refractivity contribution is 7.90. The summed E-state index contributed by atoms with van der Waals surface area (Å²) in [6.07, 6.45) is 3.72. The highest BCUT2D eigenvalue weighted by atomic mass is 32.2. The van der Waals surface area contributed by atoms with Gasteiger partial charge in [0.25, 0.3) is 15.9 Å². The van der Waals surface area contributed by atoms with E-state index in [1.165, 1.54) is 18.5 Å². The number of fused-ring (bicyclic) bond motifs is 1. The summed E-state index contributed by atoms with van der Waals surface area (Å²) < 4.78 is 27.3. The Balaban J connectivity index is 1.55. The first kappa shape index (κ1) is 24.1. The minimum absolute atomic E-state index is 0.139. The number of aromatic nitrogens is 1. The second kappa shape index (κ2) is 10.1. The van der Waals surface area contributed by atoms with Crippen LogP contribution in [0, 0.1) is 5.92 Å². The Morgan fingerprint density at radius 1 is 1.00 bits per heavy atom. The van der Waals surface area contributed by atoms with E-state index in [2.05, 4.69) is 25.3 Å². The number of benzene rings is 2. The maximum absolute atomic E-state index is 13.2. The van der Waals surface area contributed by atoms with Gasteiger partial charge in [0.1, 0.15) is 11.9 Å². The zero-order valence-electron chi connectivity index (χ0n) is 19.2. The SMILES string of the molecule is CC[C@H](C)[C@H](N=C1NS(=O)(=O)c2ccccc21)C(=O)Nc1cccc(NC(=O)c2ccncc2)c1. The third kappa shape index (κ3) is 5.38. The fourth-order valence-corrected chi connectivity index (χ4v) is 4.87. The van der Waals surface area contributed by atoms with Crippen LogP contribution >= 0.6 is 0 Å². The van der Waals surface area contributed by atoms with Gasteiger partial charge in [0.05, 0.1) is 4.90 Å². The minimum atomic E-state index is -3.71. The molecule has 0 radical (unpaired) electrons. The van der Waals surface area contributed by atoms with Gasteiger partial charge in [0.2, 0.25) is 5.91 Å². The summed E-state index contributed by atoms with van der Waals surface area (Å²) in [6.45, 7) is 3.82. The molecule has 2 aromatic carbocycles. The van der Waals surface area contributed by atoms with E-state index in [1.807, 2.05) is 13.8 Å². The highest BCUT2D eigenvalue weighted by Gasteiger charge is 2.33. The lowest BCUT2D eigenvalue weighted by Gasteiger charge is -2.19. The van der Waals surface area contributed by atoms with Crippen molar-refractivity contribution in [3.8, 4) is 0 Å². The van der Waals surface area contributed by atoms with E-state index < -0.39 is 16.1 Å². The first-order valence-corrected chi connectivity index (χ1v) is 12.6. The molecule has 2 heterocycles. The van der Waals surface area contributed by atoms with Crippen LogP contribution in [-0.2, 0) is 14.8 Å². The molecule has 180 valence electrons. The topological polar surface area (TPSA) is 130 Å². The summed E-state index contributed by atoms with van der Waals surface area (Å²) in [6, 6.07) is 15.7.